The van der Waals surface area contributed by atoms with Crippen LogP contribution in [0.5, 0.6) is 0 Å². The number of amides is 3. The van der Waals surface area contributed by atoms with Gasteiger partial charge in [0, 0.05) is 6.54 Å². The molecule has 0 saturated carbocycles. The third kappa shape index (κ3) is 16.1. The maximum atomic E-state index is 13.2. The van der Waals surface area contributed by atoms with E-state index in [-0.39, 0.29) is 19.4 Å². The summed E-state index contributed by atoms with van der Waals surface area (Å²) < 4.78 is 16.0. The van der Waals surface area contributed by atoms with E-state index in [1.165, 1.54) is 0 Å². The van der Waals surface area contributed by atoms with E-state index in [2.05, 4.69) is 22.5 Å². The van der Waals surface area contributed by atoms with Gasteiger partial charge >= 0.3 is 18.2 Å². The lowest BCUT2D eigenvalue weighted by Crippen LogP contribution is -2.53. The zero-order chi connectivity index (χ0) is 29.6. The van der Waals surface area contributed by atoms with Crippen molar-refractivity contribution < 1.29 is 33.4 Å². The van der Waals surface area contributed by atoms with Gasteiger partial charge in [-0.15, -0.1) is 6.58 Å². The molecule has 0 aliphatic rings. The Balaban J connectivity index is 2.72. The molecule has 218 valence electrons. The highest BCUT2D eigenvalue weighted by Gasteiger charge is 2.30. The second-order valence-corrected chi connectivity index (χ2v) is 11.4. The van der Waals surface area contributed by atoms with Crippen LogP contribution in [0, 0.1) is 0 Å². The first-order valence-electron chi connectivity index (χ1n) is 13.2. The molecular formula is C29H45N3O7. The number of unbranched alkanes of at least 4 members (excludes halogenated alkanes) is 1. The number of nitrogens with one attached hydrogen (secondary N) is 3. The van der Waals surface area contributed by atoms with Crippen molar-refractivity contribution in [3.05, 3.63) is 48.0 Å². The standard InChI is InChI=1S/C29H45N3O7/c1-20(2)18-23(25(34)38-28(3,4)5)31-24(33)22(32-27(36)39-29(6,7)8)16-12-13-17-30-26(35)37-19-21-14-10-9-11-15-21/h9-11,14-15,22-23H,1,12-13,16-19H2,2-8H3,(H,30,35)(H,31,33)(H,32,36)/t22-,23-/m0/s1. The van der Waals surface area contributed by atoms with E-state index in [0.717, 1.165) is 5.56 Å². The normalized spacial score (nSPS) is 12.9. The molecule has 39 heavy (non-hydrogen) atoms. The van der Waals surface area contributed by atoms with E-state index < -0.39 is 47.3 Å². The van der Waals surface area contributed by atoms with Crippen LogP contribution in [-0.2, 0) is 30.4 Å². The third-order valence-electron chi connectivity index (χ3n) is 4.97. The van der Waals surface area contributed by atoms with Gasteiger partial charge < -0.3 is 30.2 Å². The average Bonchev–Trinajstić information content (AvgIpc) is 2.79. The molecule has 1 aromatic carbocycles. The van der Waals surface area contributed by atoms with E-state index in [0.29, 0.717) is 25.0 Å². The number of rotatable bonds is 13. The average molecular weight is 548 g/mol. The van der Waals surface area contributed by atoms with Crippen molar-refractivity contribution in [2.75, 3.05) is 6.54 Å². The van der Waals surface area contributed by atoms with Crippen molar-refractivity contribution in [1.82, 2.24) is 16.0 Å². The summed E-state index contributed by atoms with van der Waals surface area (Å²) in [7, 11) is 0. The van der Waals surface area contributed by atoms with Crippen LogP contribution in [0.15, 0.2) is 42.5 Å². The van der Waals surface area contributed by atoms with Gasteiger partial charge in [-0.3, -0.25) is 4.79 Å². The molecule has 0 saturated heterocycles. The Labute approximate surface area is 232 Å². The number of ether oxygens (including phenoxy) is 3. The van der Waals surface area contributed by atoms with Gasteiger partial charge in [-0.1, -0.05) is 35.9 Å². The number of alkyl carbamates (subject to hydrolysis) is 2. The zero-order valence-electron chi connectivity index (χ0n) is 24.3. The van der Waals surface area contributed by atoms with Crippen LogP contribution in [0.3, 0.4) is 0 Å². The first kappa shape index (κ1) is 33.5. The molecule has 0 unspecified atom stereocenters. The Kier molecular flexibility index (Phi) is 13.5. The molecule has 0 aliphatic carbocycles. The molecule has 3 N–H and O–H groups in total. The summed E-state index contributed by atoms with van der Waals surface area (Å²) in [5.41, 5.74) is 0.0752. The molecule has 10 heteroatoms. The molecule has 0 aromatic heterocycles. The van der Waals surface area contributed by atoms with Gasteiger partial charge in [0.25, 0.3) is 0 Å². The minimum atomic E-state index is -0.972. The van der Waals surface area contributed by atoms with Crippen LogP contribution in [0.4, 0.5) is 9.59 Å². The predicted octanol–water partition coefficient (Wildman–Crippen LogP) is 4.77. The number of carbonyl (C=O) groups excluding carboxylic acids is 4. The summed E-state index contributed by atoms with van der Waals surface area (Å²) in [6.07, 6.45) is 0.166. The van der Waals surface area contributed by atoms with Gasteiger partial charge in [-0.2, -0.15) is 0 Å². The molecule has 0 radical (unpaired) electrons. The van der Waals surface area contributed by atoms with Crippen LogP contribution >= 0.6 is 0 Å². The van der Waals surface area contributed by atoms with Gasteiger partial charge in [-0.05, 0) is 79.7 Å². The molecular weight excluding hydrogens is 502 g/mol. The maximum absolute atomic E-state index is 13.2. The fraction of sp³-hybridized carbons (Fsp3) is 0.586. The predicted molar refractivity (Wildman–Crippen MR) is 149 cm³/mol. The summed E-state index contributed by atoms with van der Waals surface area (Å²) in [5, 5.41) is 7.97. The molecule has 3 amide bonds. The highest BCUT2D eigenvalue weighted by Crippen LogP contribution is 2.14. The molecule has 0 bridgehead atoms. The molecule has 2 atom stereocenters. The summed E-state index contributed by atoms with van der Waals surface area (Å²) in [5.74, 6) is -1.14. The van der Waals surface area contributed by atoms with Crippen molar-refractivity contribution in [1.29, 1.82) is 0 Å². The number of hydrogen-bond acceptors (Lipinski definition) is 7. The lowest BCUT2D eigenvalue weighted by Gasteiger charge is -2.27. The maximum Gasteiger partial charge on any atom is 0.408 e. The number of carbonyl (C=O) groups is 4. The molecule has 10 nitrogen and oxygen atoms in total. The summed E-state index contributed by atoms with van der Waals surface area (Å²) in [6, 6.07) is 7.40. The topological polar surface area (TPSA) is 132 Å². The van der Waals surface area contributed by atoms with E-state index in [4.69, 9.17) is 14.2 Å². The minimum absolute atomic E-state index is 0.164. The minimum Gasteiger partial charge on any atom is -0.458 e. The van der Waals surface area contributed by atoms with Crippen LogP contribution in [0.1, 0.15) is 79.7 Å². The van der Waals surface area contributed by atoms with Crippen molar-refractivity contribution >= 4 is 24.1 Å². The molecule has 1 aromatic rings. The molecule has 0 aliphatic heterocycles. The Morgan fingerprint density at radius 2 is 1.46 bits per heavy atom. The third-order valence-corrected chi connectivity index (χ3v) is 4.97. The SMILES string of the molecule is C=C(C)C[C@H](NC(=O)[C@H](CCCCNC(=O)OCc1ccccc1)NC(=O)OC(C)(C)C)C(=O)OC(C)(C)C. The lowest BCUT2D eigenvalue weighted by molar-refractivity contribution is -0.158. The van der Waals surface area contributed by atoms with Gasteiger partial charge in [0.1, 0.15) is 29.9 Å². The summed E-state index contributed by atoms with van der Waals surface area (Å²) in [6.45, 7) is 16.4. The highest BCUT2D eigenvalue weighted by atomic mass is 16.6. The Morgan fingerprint density at radius 3 is 2.03 bits per heavy atom. The Morgan fingerprint density at radius 1 is 0.846 bits per heavy atom. The van der Waals surface area contributed by atoms with Crippen molar-refractivity contribution in [3.8, 4) is 0 Å². The lowest BCUT2D eigenvalue weighted by atomic mass is 10.1. The van der Waals surface area contributed by atoms with Gasteiger partial charge in [0.2, 0.25) is 5.91 Å². The first-order chi connectivity index (χ1) is 18.1. The molecule has 0 fully saturated rings. The van der Waals surface area contributed by atoms with Crippen LogP contribution < -0.4 is 16.0 Å². The fourth-order valence-electron chi connectivity index (χ4n) is 3.34. The molecule has 1 rings (SSSR count). The first-order valence-corrected chi connectivity index (χ1v) is 13.2. The van der Waals surface area contributed by atoms with E-state index in [9.17, 15) is 19.2 Å². The quantitative estimate of drug-likeness (QED) is 0.140. The van der Waals surface area contributed by atoms with Crippen molar-refractivity contribution in [2.24, 2.45) is 0 Å². The monoisotopic (exact) mass is 547 g/mol. The molecule has 0 heterocycles. The number of esters is 1. The second-order valence-electron chi connectivity index (χ2n) is 11.4. The van der Waals surface area contributed by atoms with E-state index in [1.807, 2.05) is 30.3 Å². The van der Waals surface area contributed by atoms with E-state index >= 15 is 0 Å². The van der Waals surface area contributed by atoms with Crippen LogP contribution in [0.25, 0.3) is 0 Å². The van der Waals surface area contributed by atoms with Crippen molar-refractivity contribution in [2.45, 2.75) is 104 Å². The van der Waals surface area contributed by atoms with Crippen LogP contribution in [0.2, 0.25) is 0 Å². The second kappa shape index (κ2) is 15.8. The number of hydrogen-bond donors (Lipinski definition) is 3. The highest BCUT2D eigenvalue weighted by molar-refractivity contribution is 5.89. The fourth-order valence-corrected chi connectivity index (χ4v) is 3.34. The van der Waals surface area contributed by atoms with Crippen molar-refractivity contribution in [3.63, 3.8) is 0 Å². The van der Waals surface area contributed by atoms with Gasteiger partial charge in [0.15, 0.2) is 0 Å². The Hall–Kier alpha value is -3.56. The van der Waals surface area contributed by atoms with Gasteiger partial charge in [0.05, 0.1) is 0 Å². The summed E-state index contributed by atoms with van der Waals surface area (Å²) in [4.78, 5) is 50.3. The largest absolute Gasteiger partial charge is 0.458 e. The number of benzene rings is 1. The van der Waals surface area contributed by atoms with Gasteiger partial charge in [-0.25, -0.2) is 14.4 Å². The smallest absolute Gasteiger partial charge is 0.408 e. The molecule has 0 spiro atoms. The van der Waals surface area contributed by atoms with E-state index in [1.54, 1.807) is 48.5 Å². The zero-order valence-corrected chi connectivity index (χ0v) is 24.3. The summed E-state index contributed by atoms with van der Waals surface area (Å²) >= 11 is 0. The Bertz CT molecular complexity index is 965. The van der Waals surface area contributed by atoms with Crippen LogP contribution in [-0.4, -0.2) is 53.9 Å².